The largest absolute Gasteiger partial charge is 0.355 e. The fourth-order valence-electron chi connectivity index (χ4n) is 2.45. The third-order valence-electron chi connectivity index (χ3n) is 4.36. The molecule has 1 amide bonds. The number of fused-ring (bicyclic) bond motifs is 1. The second-order valence-electron chi connectivity index (χ2n) is 5.48. The summed E-state index contributed by atoms with van der Waals surface area (Å²) >= 11 is 7.76. The van der Waals surface area contributed by atoms with Gasteiger partial charge in [0.1, 0.15) is 0 Å². The van der Waals surface area contributed by atoms with Crippen LogP contribution in [0.25, 0.3) is 0 Å². The van der Waals surface area contributed by atoms with Crippen molar-refractivity contribution in [2.24, 2.45) is 5.41 Å². The van der Waals surface area contributed by atoms with E-state index < -0.39 is 0 Å². The lowest BCUT2D eigenvalue weighted by atomic mass is 9.84. The number of halogens is 1. The zero-order chi connectivity index (χ0) is 14.6. The highest BCUT2D eigenvalue weighted by atomic mass is 35.5. The molecule has 0 radical (unpaired) electrons. The Morgan fingerprint density at radius 2 is 2.10 bits per heavy atom. The second-order valence-corrected chi connectivity index (χ2v) is 6.99. The van der Waals surface area contributed by atoms with Crippen LogP contribution in [0.5, 0.6) is 0 Å². The number of thioether (sulfide) groups is 1. The Morgan fingerprint density at radius 1 is 1.40 bits per heavy atom. The molecule has 0 aliphatic carbocycles. The van der Waals surface area contributed by atoms with E-state index in [2.05, 4.69) is 31.3 Å². The van der Waals surface area contributed by atoms with Crippen molar-refractivity contribution in [3.05, 3.63) is 29.8 Å². The standard InChI is InChI=1S/C16H22ClNOS/c1-3-16(4-2,10-17)11-18-15(19)14-9-12-7-5-6-8-13(12)20-14/h5-8,14H,3-4,9-11H2,1-2H3,(H,18,19). The van der Waals surface area contributed by atoms with Gasteiger partial charge in [-0.15, -0.1) is 23.4 Å². The van der Waals surface area contributed by atoms with Gasteiger partial charge < -0.3 is 5.32 Å². The summed E-state index contributed by atoms with van der Waals surface area (Å²) in [5.74, 6) is 0.737. The molecule has 1 heterocycles. The molecule has 0 fully saturated rings. The Bertz CT molecular complexity index is 440. The molecule has 1 unspecified atom stereocenters. The molecular formula is C16H22ClNOS. The highest BCUT2D eigenvalue weighted by Gasteiger charge is 2.30. The van der Waals surface area contributed by atoms with Gasteiger partial charge in [-0.2, -0.15) is 0 Å². The number of hydrogen-bond donors (Lipinski definition) is 1. The van der Waals surface area contributed by atoms with E-state index in [-0.39, 0.29) is 16.6 Å². The molecule has 2 rings (SSSR count). The zero-order valence-corrected chi connectivity index (χ0v) is 13.7. The van der Waals surface area contributed by atoms with Gasteiger partial charge >= 0.3 is 0 Å². The van der Waals surface area contributed by atoms with Crippen molar-refractivity contribution in [1.82, 2.24) is 5.32 Å². The Labute approximate surface area is 130 Å². The molecule has 1 atom stereocenters. The van der Waals surface area contributed by atoms with E-state index in [1.807, 2.05) is 12.1 Å². The van der Waals surface area contributed by atoms with Crippen molar-refractivity contribution in [2.45, 2.75) is 43.3 Å². The van der Waals surface area contributed by atoms with Crippen LogP contribution < -0.4 is 5.32 Å². The number of benzene rings is 1. The molecular weight excluding hydrogens is 290 g/mol. The summed E-state index contributed by atoms with van der Waals surface area (Å²) in [7, 11) is 0. The average Bonchev–Trinajstić information content (AvgIpc) is 2.93. The van der Waals surface area contributed by atoms with Crippen LogP contribution >= 0.6 is 23.4 Å². The topological polar surface area (TPSA) is 29.1 Å². The van der Waals surface area contributed by atoms with Crippen LogP contribution in [0.4, 0.5) is 0 Å². The third kappa shape index (κ3) is 3.32. The Morgan fingerprint density at radius 3 is 2.70 bits per heavy atom. The molecule has 1 N–H and O–H groups in total. The van der Waals surface area contributed by atoms with E-state index in [9.17, 15) is 4.79 Å². The molecule has 0 spiro atoms. The zero-order valence-electron chi connectivity index (χ0n) is 12.1. The highest BCUT2D eigenvalue weighted by Crippen LogP contribution is 2.37. The van der Waals surface area contributed by atoms with Crippen molar-refractivity contribution in [3.63, 3.8) is 0 Å². The molecule has 2 nitrogen and oxygen atoms in total. The maximum Gasteiger partial charge on any atom is 0.233 e. The Kier molecular flexibility index (Phi) is 5.39. The lowest BCUT2D eigenvalue weighted by Crippen LogP contribution is -2.41. The van der Waals surface area contributed by atoms with E-state index in [0.29, 0.717) is 12.4 Å². The molecule has 1 aliphatic rings. The highest BCUT2D eigenvalue weighted by molar-refractivity contribution is 8.01. The second kappa shape index (κ2) is 6.86. The van der Waals surface area contributed by atoms with E-state index in [1.54, 1.807) is 11.8 Å². The van der Waals surface area contributed by atoms with Crippen LogP contribution in [0.2, 0.25) is 0 Å². The van der Waals surface area contributed by atoms with Gasteiger partial charge in [0.05, 0.1) is 5.25 Å². The van der Waals surface area contributed by atoms with Crippen molar-refractivity contribution in [3.8, 4) is 0 Å². The fourth-order valence-corrected chi connectivity index (χ4v) is 4.15. The first-order chi connectivity index (χ1) is 9.64. The summed E-state index contributed by atoms with van der Waals surface area (Å²) in [4.78, 5) is 13.6. The molecule has 1 aromatic carbocycles. The van der Waals surface area contributed by atoms with E-state index in [4.69, 9.17) is 11.6 Å². The molecule has 1 aromatic rings. The monoisotopic (exact) mass is 311 g/mol. The Balaban J connectivity index is 1.91. The molecule has 110 valence electrons. The van der Waals surface area contributed by atoms with Crippen LogP contribution in [-0.2, 0) is 11.2 Å². The molecule has 0 saturated carbocycles. The number of amides is 1. The first kappa shape index (κ1) is 15.7. The summed E-state index contributed by atoms with van der Waals surface area (Å²) in [6.07, 6.45) is 2.81. The summed E-state index contributed by atoms with van der Waals surface area (Å²) in [6, 6.07) is 8.26. The van der Waals surface area contributed by atoms with Crippen LogP contribution in [0, 0.1) is 5.41 Å². The summed E-state index contributed by atoms with van der Waals surface area (Å²) < 4.78 is 0. The van der Waals surface area contributed by atoms with Crippen LogP contribution in [0.15, 0.2) is 29.2 Å². The summed E-state index contributed by atoms with van der Waals surface area (Å²) in [5.41, 5.74) is 1.32. The SMILES string of the molecule is CCC(CC)(CCl)CNC(=O)C1Cc2ccccc2S1. The predicted molar refractivity (Wildman–Crippen MR) is 86.5 cm³/mol. The fraction of sp³-hybridized carbons (Fsp3) is 0.562. The number of rotatable bonds is 6. The minimum Gasteiger partial charge on any atom is -0.355 e. The van der Waals surface area contributed by atoms with Crippen molar-refractivity contribution >= 4 is 29.3 Å². The van der Waals surface area contributed by atoms with Gasteiger partial charge in [-0.1, -0.05) is 32.0 Å². The van der Waals surface area contributed by atoms with Gasteiger partial charge in [-0.25, -0.2) is 0 Å². The van der Waals surface area contributed by atoms with E-state index >= 15 is 0 Å². The first-order valence-corrected chi connectivity index (χ1v) is 8.64. The van der Waals surface area contributed by atoms with Gasteiger partial charge in [0.25, 0.3) is 0 Å². The molecule has 4 heteroatoms. The maximum atomic E-state index is 12.3. The lowest BCUT2D eigenvalue weighted by molar-refractivity contribution is -0.121. The maximum absolute atomic E-state index is 12.3. The van der Waals surface area contributed by atoms with Crippen molar-refractivity contribution in [1.29, 1.82) is 0 Å². The van der Waals surface area contributed by atoms with Crippen molar-refractivity contribution < 1.29 is 4.79 Å². The minimum atomic E-state index is 0.00846. The third-order valence-corrected chi connectivity index (χ3v) is 6.25. The van der Waals surface area contributed by atoms with E-state index in [0.717, 1.165) is 19.3 Å². The number of hydrogen-bond acceptors (Lipinski definition) is 2. The molecule has 20 heavy (non-hydrogen) atoms. The quantitative estimate of drug-likeness (QED) is 0.808. The van der Waals surface area contributed by atoms with E-state index in [1.165, 1.54) is 10.5 Å². The molecule has 0 saturated heterocycles. The van der Waals surface area contributed by atoms with Crippen LogP contribution in [0.1, 0.15) is 32.3 Å². The Hall–Kier alpha value is -0.670. The first-order valence-electron chi connectivity index (χ1n) is 7.22. The lowest BCUT2D eigenvalue weighted by Gasteiger charge is -2.29. The predicted octanol–water partition coefficient (Wildman–Crippen LogP) is 3.86. The van der Waals surface area contributed by atoms with Crippen LogP contribution in [-0.4, -0.2) is 23.6 Å². The van der Waals surface area contributed by atoms with Gasteiger partial charge in [-0.3, -0.25) is 4.79 Å². The number of alkyl halides is 1. The molecule has 1 aliphatic heterocycles. The number of carbonyl (C=O) groups is 1. The number of nitrogens with one attached hydrogen (secondary N) is 1. The molecule has 0 bridgehead atoms. The summed E-state index contributed by atoms with van der Waals surface area (Å²) in [6.45, 7) is 4.95. The number of carbonyl (C=O) groups excluding carboxylic acids is 1. The smallest absolute Gasteiger partial charge is 0.233 e. The van der Waals surface area contributed by atoms with Gasteiger partial charge in [0, 0.05) is 22.7 Å². The average molecular weight is 312 g/mol. The summed E-state index contributed by atoms with van der Waals surface area (Å²) in [5, 5.41) is 3.12. The molecule has 0 aromatic heterocycles. The van der Waals surface area contributed by atoms with Gasteiger partial charge in [0.2, 0.25) is 5.91 Å². The van der Waals surface area contributed by atoms with Gasteiger partial charge in [0.15, 0.2) is 0 Å². The normalized spacial score (nSPS) is 17.9. The minimum absolute atomic E-state index is 0.00846. The van der Waals surface area contributed by atoms with Crippen molar-refractivity contribution in [2.75, 3.05) is 12.4 Å². The van der Waals surface area contributed by atoms with Gasteiger partial charge in [-0.05, 0) is 30.9 Å². The van der Waals surface area contributed by atoms with Crippen LogP contribution in [0.3, 0.4) is 0 Å².